The molecule has 4 heteroatoms. The van der Waals surface area contributed by atoms with Crippen molar-refractivity contribution in [3.8, 4) is 5.75 Å². The van der Waals surface area contributed by atoms with Crippen molar-refractivity contribution in [1.29, 1.82) is 0 Å². The van der Waals surface area contributed by atoms with Gasteiger partial charge in [0.25, 0.3) is 0 Å². The molecule has 1 heterocycles. The van der Waals surface area contributed by atoms with E-state index in [-0.39, 0.29) is 5.91 Å². The molecule has 1 aliphatic rings. The van der Waals surface area contributed by atoms with Crippen LogP contribution in [0, 0.1) is 5.92 Å². The zero-order valence-corrected chi connectivity index (χ0v) is 10.7. The van der Waals surface area contributed by atoms with Gasteiger partial charge in [0.1, 0.15) is 5.75 Å². The summed E-state index contributed by atoms with van der Waals surface area (Å²) in [5.41, 5.74) is 0.824. The summed E-state index contributed by atoms with van der Waals surface area (Å²) in [6.07, 6.45) is 2.75. The highest BCUT2D eigenvalue weighted by Gasteiger charge is 2.15. The van der Waals surface area contributed by atoms with Gasteiger partial charge in [0.05, 0.1) is 7.11 Å². The minimum atomic E-state index is 0.0899. The Morgan fingerprint density at radius 2 is 2.22 bits per heavy atom. The highest BCUT2D eigenvalue weighted by molar-refractivity contribution is 5.90. The van der Waals surface area contributed by atoms with Crippen LogP contribution in [0.5, 0.6) is 5.75 Å². The number of hydrogen-bond acceptors (Lipinski definition) is 3. The van der Waals surface area contributed by atoms with Crippen molar-refractivity contribution < 1.29 is 9.53 Å². The second kappa shape index (κ2) is 6.40. The van der Waals surface area contributed by atoms with E-state index in [1.807, 2.05) is 24.3 Å². The van der Waals surface area contributed by atoms with Crippen LogP contribution in [0.2, 0.25) is 0 Å². The van der Waals surface area contributed by atoms with Crippen LogP contribution in [0.4, 0.5) is 5.69 Å². The highest BCUT2D eigenvalue weighted by atomic mass is 16.5. The van der Waals surface area contributed by atoms with Crippen LogP contribution in [0.15, 0.2) is 24.3 Å². The number of amides is 1. The number of benzene rings is 1. The van der Waals surface area contributed by atoms with Gasteiger partial charge in [-0.3, -0.25) is 4.79 Å². The van der Waals surface area contributed by atoms with Crippen LogP contribution in [0.1, 0.15) is 19.3 Å². The lowest BCUT2D eigenvalue weighted by Gasteiger charge is -2.09. The van der Waals surface area contributed by atoms with Gasteiger partial charge in [-0.15, -0.1) is 0 Å². The van der Waals surface area contributed by atoms with Crippen LogP contribution in [-0.4, -0.2) is 26.1 Å². The van der Waals surface area contributed by atoms with E-state index in [1.165, 1.54) is 6.42 Å². The van der Waals surface area contributed by atoms with Gasteiger partial charge >= 0.3 is 0 Å². The van der Waals surface area contributed by atoms with Gasteiger partial charge < -0.3 is 15.4 Å². The standard InChI is InChI=1S/C14H20N2O2/c1-18-13-5-3-12(4-6-13)16-14(17)7-2-11-8-9-15-10-11/h3-6,11,15H,2,7-10H2,1H3,(H,16,17). The minimum Gasteiger partial charge on any atom is -0.497 e. The zero-order chi connectivity index (χ0) is 12.8. The number of anilines is 1. The molecule has 0 spiro atoms. The van der Waals surface area contributed by atoms with Crippen molar-refractivity contribution in [3.63, 3.8) is 0 Å². The van der Waals surface area contributed by atoms with Gasteiger partial charge in [-0.25, -0.2) is 0 Å². The molecule has 4 nitrogen and oxygen atoms in total. The molecule has 1 unspecified atom stereocenters. The summed E-state index contributed by atoms with van der Waals surface area (Å²) in [5, 5.41) is 6.22. The molecule has 1 aromatic carbocycles. The Morgan fingerprint density at radius 1 is 1.44 bits per heavy atom. The lowest BCUT2D eigenvalue weighted by Crippen LogP contribution is -2.14. The fraction of sp³-hybridized carbons (Fsp3) is 0.500. The van der Waals surface area contributed by atoms with Gasteiger partial charge in [0.2, 0.25) is 5.91 Å². The molecular formula is C14H20N2O2. The molecule has 2 N–H and O–H groups in total. The molecule has 0 radical (unpaired) electrons. The molecule has 1 fully saturated rings. The molecule has 1 aliphatic heterocycles. The first kappa shape index (κ1) is 12.9. The molecule has 1 amide bonds. The van der Waals surface area contributed by atoms with E-state index in [2.05, 4.69) is 10.6 Å². The number of ether oxygens (including phenoxy) is 1. The van der Waals surface area contributed by atoms with E-state index in [0.29, 0.717) is 12.3 Å². The van der Waals surface area contributed by atoms with Gasteiger partial charge in [-0.05, 0) is 56.1 Å². The molecule has 0 aliphatic carbocycles. The largest absolute Gasteiger partial charge is 0.497 e. The molecule has 1 aromatic rings. The van der Waals surface area contributed by atoms with Crippen LogP contribution >= 0.6 is 0 Å². The van der Waals surface area contributed by atoms with E-state index in [4.69, 9.17) is 4.74 Å². The first-order chi connectivity index (χ1) is 8.78. The van der Waals surface area contributed by atoms with Gasteiger partial charge in [-0.2, -0.15) is 0 Å². The maximum atomic E-state index is 11.8. The summed E-state index contributed by atoms with van der Waals surface area (Å²) in [6.45, 7) is 2.14. The average Bonchev–Trinajstić information content (AvgIpc) is 2.90. The molecule has 98 valence electrons. The fourth-order valence-corrected chi connectivity index (χ4v) is 2.19. The molecule has 0 saturated carbocycles. The summed E-state index contributed by atoms with van der Waals surface area (Å²) in [7, 11) is 1.63. The second-order valence-corrected chi connectivity index (χ2v) is 4.67. The third-order valence-electron chi connectivity index (χ3n) is 3.32. The first-order valence-corrected chi connectivity index (χ1v) is 6.42. The quantitative estimate of drug-likeness (QED) is 0.838. The number of rotatable bonds is 5. The molecular weight excluding hydrogens is 228 g/mol. The normalized spacial score (nSPS) is 18.6. The molecule has 0 aromatic heterocycles. The third kappa shape index (κ3) is 3.74. The maximum Gasteiger partial charge on any atom is 0.224 e. The van der Waals surface area contributed by atoms with Gasteiger partial charge in [0, 0.05) is 12.1 Å². The Bertz CT molecular complexity index is 383. The van der Waals surface area contributed by atoms with Crippen molar-refractivity contribution in [1.82, 2.24) is 5.32 Å². The average molecular weight is 248 g/mol. The van der Waals surface area contributed by atoms with E-state index in [1.54, 1.807) is 7.11 Å². The highest BCUT2D eigenvalue weighted by Crippen LogP contribution is 2.17. The maximum absolute atomic E-state index is 11.8. The first-order valence-electron chi connectivity index (χ1n) is 6.42. The van der Waals surface area contributed by atoms with Crippen molar-refractivity contribution in [2.75, 3.05) is 25.5 Å². The van der Waals surface area contributed by atoms with E-state index >= 15 is 0 Å². The fourth-order valence-electron chi connectivity index (χ4n) is 2.19. The second-order valence-electron chi connectivity index (χ2n) is 4.67. The Morgan fingerprint density at radius 3 is 2.83 bits per heavy atom. The smallest absolute Gasteiger partial charge is 0.224 e. The summed E-state index contributed by atoms with van der Waals surface area (Å²) in [4.78, 5) is 11.8. The predicted octanol–water partition coefficient (Wildman–Crippen LogP) is 2.02. The van der Waals surface area contributed by atoms with Crippen molar-refractivity contribution in [2.24, 2.45) is 5.92 Å². The number of hydrogen-bond donors (Lipinski definition) is 2. The Hall–Kier alpha value is -1.55. The summed E-state index contributed by atoms with van der Waals surface area (Å²) < 4.78 is 5.07. The van der Waals surface area contributed by atoms with Crippen LogP contribution in [-0.2, 0) is 4.79 Å². The molecule has 1 atom stereocenters. The Labute approximate surface area is 108 Å². The van der Waals surface area contributed by atoms with Crippen LogP contribution in [0.3, 0.4) is 0 Å². The summed E-state index contributed by atoms with van der Waals surface area (Å²) in [6, 6.07) is 7.40. The Kier molecular flexibility index (Phi) is 4.59. The van der Waals surface area contributed by atoms with Crippen molar-refractivity contribution >= 4 is 11.6 Å². The lowest BCUT2D eigenvalue weighted by atomic mass is 10.0. The zero-order valence-electron chi connectivity index (χ0n) is 10.7. The summed E-state index contributed by atoms with van der Waals surface area (Å²) in [5.74, 6) is 1.55. The van der Waals surface area contributed by atoms with Crippen LogP contribution < -0.4 is 15.4 Å². The summed E-state index contributed by atoms with van der Waals surface area (Å²) >= 11 is 0. The number of carbonyl (C=O) groups is 1. The molecule has 1 saturated heterocycles. The number of nitrogens with one attached hydrogen (secondary N) is 2. The number of methoxy groups -OCH3 is 1. The van der Waals surface area contributed by atoms with E-state index < -0.39 is 0 Å². The van der Waals surface area contributed by atoms with Gasteiger partial charge in [-0.1, -0.05) is 0 Å². The van der Waals surface area contributed by atoms with Crippen molar-refractivity contribution in [2.45, 2.75) is 19.3 Å². The Balaban J connectivity index is 1.75. The van der Waals surface area contributed by atoms with Crippen LogP contribution in [0.25, 0.3) is 0 Å². The van der Waals surface area contributed by atoms with E-state index in [9.17, 15) is 4.79 Å². The SMILES string of the molecule is COc1ccc(NC(=O)CCC2CCNC2)cc1. The lowest BCUT2D eigenvalue weighted by molar-refractivity contribution is -0.116. The van der Waals surface area contributed by atoms with Gasteiger partial charge in [0.15, 0.2) is 0 Å². The third-order valence-corrected chi connectivity index (χ3v) is 3.32. The predicted molar refractivity (Wildman–Crippen MR) is 71.8 cm³/mol. The number of carbonyl (C=O) groups excluding carboxylic acids is 1. The monoisotopic (exact) mass is 248 g/mol. The van der Waals surface area contributed by atoms with E-state index in [0.717, 1.165) is 30.9 Å². The topological polar surface area (TPSA) is 50.4 Å². The molecule has 2 rings (SSSR count). The van der Waals surface area contributed by atoms with Crippen molar-refractivity contribution in [3.05, 3.63) is 24.3 Å². The molecule has 0 bridgehead atoms. The molecule has 18 heavy (non-hydrogen) atoms. The minimum absolute atomic E-state index is 0.0899.